The largest absolute Gasteiger partial charge is 0.405 e. The number of allylic oxidation sites excluding steroid dienone is 3. The van der Waals surface area contributed by atoms with Gasteiger partial charge in [0, 0.05) is 41.0 Å². The van der Waals surface area contributed by atoms with E-state index in [1.807, 2.05) is 36.2 Å². The van der Waals surface area contributed by atoms with Crippen LogP contribution in [0.15, 0.2) is 79.6 Å². The maximum Gasteiger partial charge on any atom is 0.277 e. The van der Waals surface area contributed by atoms with E-state index < -0.39 is 5.91 Å². The first-order valence-corrected chi connectivity index (χ1v) is 12.5. The molecule has 0 unspecified atom stereocenters. The molecular formula is C26H24N10O2S. The summed E-state index contributed by atoms with van der Waals surface area (Å²) >= 11 is 1.54. The number of hydroxylamine groups is 1. The first-order chi connectivity index (χ1) is 19.0. The lowest BCUT2D eigenvalue weighted by Crippen LogP contribution is -2.21. The van der Waals surface area contributed by atoms with Crippen molar-refractivity contribution in [3.05, 3.63) is 90.0 Å². The van der Waals surface area contributed by atoms with Crippen LogP contribution in [-0.4, -0.2) is 48.3 Å². The Bertz CT molecular complexity index is 1720. The molecule has 5 aromatic rings. The number of carbonyl (C=O) groups excluding carboxylic acids is 1. The number of carbonyl (C=O) groups is 1. The van der Waals surface area contributed by atoms with Crippen molar-refractivity contribution in [2.45, 2.75) is 6.54 Å². The third-order valence-electron chi connectivity index (χ3n) is 5.72. The molecule has 0 atom stereocenters. The van der Waals surface area contributed by atoms with Gasteiger partial charge in [-0.15, -0.1) is 11.3 Å². The highest BCUT2D eigenvalue weighted by molar-refractivity contribution is 7.19. The summed E-state index contributed by atoms with van der Waals surface area (Å²) in [7, 11) is 1.85. The molecule has 13 heteroatoms. The summed E-state index contributed by atoms with van der Waals surface area (Å²) < 4.78 is 0.859. The number of hydrogen-bond acceptors (Lipinski definition) is 11. The van der Waals surface area contributed by atoms with Crippen molar-refractivity contribution in [2.24, 2.45) is 5.73 Å². The van der Waals surface area contributed by atoms with Gasteiger partial charge in [0.05, 0.1) is 34.0 Å². The molecule has 0 spiro atoms. The summed E-state index contributed by atoms with van der Waals surface area (Å²) in [6.07, 6.45) is 11.1. The molecule has 39 heavy (non-hydrogen) atoms. The highest BCUT2D eigenvalue weighted by Crippen LogP contribution is 2.35. The zero-order chi connectivity index (χ0) is 27.4. The fourth-order valence-corrected chi connectivity index (χ4v) is 5.03. The summed E-state index contributed by atoms with van der Waals surface area (Å²) in [5.41, 5.74) is 10.6. The van der Waals surface area contributed by atoms with E-state index in [9.17, 15) is 4.79 Å². The Morgan fingerprint density at radius 2 is 2.08 bits per heavy atom. The van der Waals surface area contributed by atoms with Crippen LogP contribution < -0.4 is 21.4 Å². The third-order valence-corrected chi connectivity index (χ3v) is 6.84. The van der Waals surface area contributed by atoms with Crippen molar-refractivity contribution in [3.8, 4) is 11.4 Å². The molecule has 1 aromatic carbocycles. The van der Waals surface area contributed by atoms with Crippen LogP contribution in [0.25, 0.3) is 32.5 Å². The van der Waals surface area contributed by atoms with E-state index in [-0.39, 0.29) is 5.56 Å². The molecule has 0 aliphatic heterocycles. The van der Waals surface area contributed by atoms with Crippen LogP contribution in [0.3, 0.4) is 0 Å². The number of amides is 1. The zero-order valence-electron chi connectivity index (χ0n) is 20.8. The minimum Gasteiger partial charge on any atom is -0.405 e. The number of aromatic amines is 1. The molecule has 0 saturated heterocycles. The minimum atomic E-state index is -0.677. The average Bonchev–Trinajstić information content (AvgIpc) is 3.59. The van der Waals surface area contributed by atoms with Crippen molar-refractivity contribution >= 4 is 50.1 Å². The topological polar surface area (TPSA) is 171 Å². The number of fused-ring (bicyclic) bond motifs is 2. The quantitative estimate of drug-likeness (QED) is 0.105. The number of hydrogen-bond donors (Lipinski definition) is 5. The summed E-state index contributed by atoms with van der Waals surface area (Å²) in [4.78, 5) is 32.7. The van der Waals surface area contributed by atoms with Crippen molar-refractivity contribution in [2.75, 3.05) is 17.3 Å². The van der Waals surface area contributed by atoms with Gasteiger partial charge in [0.25, 0.3) is 5.91 Å². The van der Waals surface area contributed by atoms with Gasteiger partial charge >= 0.3 is 0 Å². The molecule has 0 bridgehead atoms. The fraction of sp³-hybridized carbons (Fsp3) is 0.0769. The second-order valence-corrected chi connectivity index (χ2v) is 9.51. The maximum absolute atomic E-state index is 11.6. The number of nitrogens with one attached hydrogen (secondary N) is 3. The Labute approximate surface area is 226 Å². The van der Waals surface area contributed by atoms with E-state index >= 15 is 0 Å². The van der Waals surface area contributed by atoms with Gasteiger partial charge in [0.2, 0.25) is 5.95 Å². The average molecular weight is 541 g/mol. The van der Waals surface area contributed by atoms with Crippen LogP contribution in [0.1, 0.15) is 15.2 Å². The van der Waals surface area contributed by atoms with Crippen LogP contribution in [0.5, 0.6) is 0 Å². The Kier molecular flexibility index (Phi) is 7.25. The molecule has 0 aliphatic rings. The second-order valence-electron chi connectivity index (χ2n) is 8.37. The van der Waals surface area contributed by atoms with E-state index in [0.29, 0.717) is 29.8 Å². The SMILES string of the molecule is C=C/C=C(\C=C/N)Nc1nc(-c2cccc3[nH]ncc23)nc2cc(CN(C)c3ncc(C(=O)NO)cn3)sc12. The van der Waals surface area contributed by atoms with Gasteiger partial charge in [0.15, 0.2) is 11.6 Å². The first-order valence-electron chi connectivity index (χ1n) is 11.7. The Morgan fingerprint density at radius 1 is 1.26 bits per heavy atom. The molecular weight excluding hydrogens is 516 g/mol. The summed E-state index contributed by atoms with van der Waals surface area (Å²) in [6, 6.07) is 7.85. The van der Waals surface area contributed by atoms with E-state index in [1.54, 1.807) is 29.9 Å². The number of rotatable bonds is 9. The van der Waals surface area contributed by atoms with Crippen LogP contribution in [0.2, 0.25) is 0 Å². The van der Waals surface area contributed by atoms with E-state index in [2.05, 4.69) is 32.1 Å². The van der Waals surface area contributed by atoms with Crippen molar-refractivity contribution in [3.63, 3.8) is 0 Å². The van der Waals surface area contributed by atoms with Crippen LogP contribution in [0, 0.1) is 0 Å². The molecule has 1 amide bonds. The molecule has 4 aromatic heterocycles. The number of nitrogens with two attached hydrogens (primary N) is 1. The lowest BCUT2D eigenvalue weighted by Gasteiger charge is -2.15. The molecule has 0 saturated carbocycles. The Balaban J connectivity index is 1.54. The number of thiophene rings is 1. The highest BCUT2D eigenvalue weighted by Gasteiger charge is 2.17. The normalized spacial score (nSPS) is 11.8. The number of benzene rings is 1. The zero-order valence-corrected chi connectivity index (χ0v) is 21.6. The fourth-order valence-electron chi connectivity index (χ4n) is 3.94. The van der Waals surface area contributed by atoms with Crippen LogP contribution in [0.4, 0.5) is 11.8 Å². The van der Waals surface area contributed by atoms with Gasteiger partial charge in [-0.25, -0.2) is 25.4 Å². The minimum absolute atomic E-state index is 0.151. The van der Waals surface area contributed by atoms with E-state index in [4.69, 9.17) is 20.9 Å². The summed E-state index contributed by atoms with van der Waals surface area (Å²) in [6.45, 7) is 4.26. The van der Waals surface area contributed by atoms with Crippen molar-refractivity contribution in [1.82, 2.24) is 35.6 Å². The lowest BCUT2D eigenvalue weighted by molar-refractivity contribution is 0.0705. The maximum atomic E-state index is 11.6. The molecule has 6 N–H and O–H groups in total. The molecule has 0 aliphatic carbocycles. The summed E-state index contributed by atoms with van der Waals surface area (Å²) in [5.74, 6) is 0.910. The molecule has 196 valence electrons. The standard InChI is InChI=1S/C26H24N10O2S/c1-3-5-16(8-9-27)31-24-22-21(32-23(33-24)18-6-4-7-20-19(18)13-30-34-20)10-17(39-22)14-36(2)26-28-11-15(12-29-26)25(37)35-38/h3-13,38H,1,14,27H2,2H3,(H,30,34)(H,35,37)(H,31,32,33)/b9-8-,16-5+. The van der Waals surface area contributed by atoms with Gasteiger partial charge in [-0.05, 0) is 30.5 Å². The smallest absolute Gasteiger partial charge is 0.277 e. The molecule has 5 rings (SSSR count). The van der Waals surface area contributed by atoms with Gasteiger partial charge in [-0.2, -0.15) is 5.10 Å². The predicted molar refractivity (Wildman–Crippen MR) is 151 cm³/mol. The molecule has 0 radical (unpaired) electrons. The highest BCUT2D eigenvalue weighted by atomic mass is 32.1. The number of nitrogens with zero attached hydrogens (tertiary/aromatic N) is 6. The van der Waals surface area contributed by atoms with Crippen LogP contribution in [-0.2, 0) is 6.54 Å². The van der Waals surface area contributed by atoms with Gasteiger partial charge in [-0.3, -0.25) is 15.1 Å². The number of anilines is 2. The first kappa shape index (κ1) is 25.5. The molecule has 4 heterocycles. The Hall–Kier alpha value is -5.14. The van der Waals surface area contributed by atoms with Crippen molar-refractivity contribution in [1.29, 1.82) is 0 Å². The molecule has 12 nitrogen and oxygen atoms in total. The monoisotopic (exact) mass is 540 g/mol. The molecule has 0 fully saturated rings. The van der Waals surface area contributed by atoms with Crippen LogP contribution >= 0.6 is 11.3 Å². The third kappa shape index (κ3) is 5.30. The number of aromatic nitrogens is 6. The Morgan fingerprint density at radius 3 is 2.82 bits per heavy atom. The summed E-state index contributed by atoms with van der Waals surface area (Å²) in [5, 5.41) is 20.2. The van der Waals surface area contributed by atoms with E-state index in [0.717, 1.165) is 31.6 Å². The van der Waals surface area contributed by atoms with Gasteiger partial charge in [-0.1, -0.05) is 24.8 Å². The second kappa shape index (κ2) is 11.1. The predicted octanol–water partition coefficient (Wildman–Crippen LogP) is 3.73. The number of H-pyrrole nitrogens is 1. The lowest BCUT2D eigenvalue weighted by atomic mass is 10.1. The van der Waals surface area contributed by atoms with Gasteiger partial charge < -0.3 is 16.0 Å². The van der Waals surface area contributed by atoms with E-state index in [1.165, 1.54) is 29.9 Å². The van der Waals surface area contributed by atoms with Crippen molar-refractivity contribution < 1.29 is 10.0 Å². The van der Waals surface area contributed by atoms with Gasteiger partial charge in [0.1, 0.15) is 0 Å².